The molecule has 2 rings (SSSR count). The third kappa shape index (κ3) is 2.72. The van der Waals surface area contributed by atoms with E-state index in [1.165, 1.54) is 0 Å². The predicted molar refractivity (Wildman–Crippen MR) is 61.4 cm³/mol. The summed E-state index contributed by atoms with van der Waals surface area (Å²) in [5.41, 5.74) is 0.513. The second-order valence-corrected chi connectivity index (χ2v) is 3.49. The van der Waals surface area contributed by atoms with Crippen molar-refractivity contribution in [3.63, 3.8) is 0 Å². The van der Waals surface area contributed by atoms with E-state index in [-0.39, 0.29) is 5.97 Å². The Balaban J connectivity index is 2.11. The van der Waals surface area contributed by atoms with E-state index in [9.17, 15) is 4.79 Å². The summed E-state index contributed by atoms with van der Waals surface area (Å²) < 4.78 is 14.6. The summed E-state index contributed by atoms with van der Waals surface area (Å²) >= 11 is 3.48. The summed E-state index contributed by atoms with van der Waals surface area (Å²) in [7, 11) is 0. The molecule has 5 nitrogen and oxygen atoms in total. The number of para-hydroxylation sites is 2. The summed E-state index contributed by atoms with van der Waals surface area (Å²) in [5.74, 6) is 0.348. The zero-order valence-corrected chi connectivity index (χ0v) is 9.85. The molecule has 0 fully saturated rings. The summed E-state index contributed by atoms with van der Waals surface area (Å²) in [4.78, 5) is 15.9. The monoisotopic (exact) mass is 254 g/mol. The van der Waals surface area contributed by atoms with Gasteiger partial charge in [-0.3, -0.25) is 0 Å². The second kappa shape index (κ2) is 5.11. The van der Waals surface area contributed by atoms with Crippen LogP contribution in [0, 0.1) is 0 Å². The third-order valence-electron chi connectivity index (χ3n) is 2.15. The lowest BCUT2D eigenvalue weighted by atomic mass is 10.3. The summed E-state index contributed by atoms with van der Waals surface area (Å²) in [6.45, 7) is 1.66. The molecule has 0 bridgehead atoms. The fourth-order valence-corrected chi connectivity index (χ4v) is 1.42. The van der Waals surface area contributed by atoms with Crippen molar-refractivity contribution < 1.29 is 23.5 Å². The molecule has 17 heavy (non-hydrogen) atoms. The first-order chi connectivity index (χ1) is 8.20. The van der Waals surface area contributed by atoms with Gasteiger partial charge in [-0.05, 0) is 19.1 Å². The standard InChI is InChI=1S/C11H10O5S/c1-7-6-10(14-11(7)12)13-8-4-2-3-5-9(8)15-16-17/h2-6,10,17H,1H3. The summed E-state index contributed by atoms with van der Waals surface area (Å²) in [6.07, 6.45) is 0.841. The second-order valence-electron chi connectivity index (χ2n) is 3.35. The Bertz CT molecular complexity index is 457. The molecule has 1 aliphatic heterocycles. The highest BCUT2D eigenvalue weighted by Crippen LogP contribution is 2.29. The Morgan fingerprint density at radius 2 is 2.00 bits per heavy atom. The van der Waals surface area contributed by atoms with Crippen molar-refractivity contribution in [3.8, 4) is 11.5 Å². The largest absolute Gasteiger partial charge is 0.447 e. The Morgan fingerprint density at radius 1 is 1.29 bits per heavy atom. The van der Waals surface area contributed by atoms with E-state index in [0.29, 0.717) is 17.1 Å². The van der Waals surface area contributed by atoms with E-state index in [1.807, 2.05) is 0 Å². The quantitative estimate of drug-likeness (QED) is 0.293. The van der Waals surface area contributed by atoms with Gasteiger partial charge in [0.1, 0.15) is 0 Å². The zero-order chi connectivity index (χ0) is 12.3. The van der Waals surface area contributed by atoms with Crippen LogP contribution in [0.3, 0.4) is 0 Å². The minimum atomic E-state index is -0.743. The highest BCUT2D eigenvalue weighted by Gasteiger charge is 2.24. The summed E-state index contributed by atoms with van der Waals surface area (Å²) in [6, 6.07) is 6.81. The maximum absolute atomic E-state index is 11.1. The average molecular weight is 254 g/mol. The smallest absolute Gasteiger partial charge is 0.336 e. The van der Waals surface area contributed by atoms with Gasteiger partial charge in [-0.2, -0.15) is 0 Å². The molecule has 0 amide bonds. The highest BCUT2D eigenvalue weighted by atomic mass is 32.1. The maximum atomic E-state index is 11.1. The van der Waals surface area contributed by atoms with Crippen LogP contribution in [0.5, 0.6) is 11.5 Å². The molecule has 1 aromatic carbocycles. The van der Waals surface area contributed by atoms with Crippen molar-refractivity contribution in [1.82, 2.24) is 0 Å². The fourth-order valence-electron chi connectivity index (χ4n) is 1.34. The lowest BCUT2D eigenvalue weighted by molar-refractivity contribution is -0.149. The first-order valence-corrected chi connectivity index (χ1v) is 5.20. The van der Waals surface area contributed by atoms with Crippen LogP contribution in [-0.2, 0) is 13.9 Å². The van der Waals surface area contributed by atoms with Crippen LogP contribution in [0.1, 0.15) is 6.92 Å². The molecule has 1 aromatic rings. The van der Waals surface area contributed by atoms with Gasteiger partial charge in [-0.15, -0.1) is 4.33 Å². The number of thiol groups is 1. The highest BCUT2D eigenvalue weighted by molar-refractivity contribution is 7.74. The minimum Gasteiger partial charge on any atom is -0.447 e. The van der Waals surface area contributed by atoms with Crippen LogP contribution in [0.4, 0.5) is 0 Å². The van der Waals surface area contributed by atoms with Crippen molar-refractivity contribution in [1.29, 1.82) is 0 Å². The zero-order valence-electron chi connectivity index (χ0n) is 8.95. The Morgan fingerprint density at radius 3 is 2.59 bits per heavy atom. The molecule has 0 radical (unpaired) electrons. The van der Waals surface area contributed by atoms with E-state index >= 15 is 0 Å². The van der Waals surface area contributed by atoms with Gasteiger partial charge in [0.2, 0.25) is 5.75 Å². The molecule has 1 atom stereocenters. The molecule has 0 aromatic heterocycles. The number of hydrogen-bond donors (Lipinski definition) is 1. The first-order valence-electron chi connectivity index (χ1n) is 4.84. The van der Waals surface area contributed by atoms with Gasteiger partial charge in [-0.1, -0.05) is 12.1 Å². The van der Waals surface area contributed by atoms with Crippen LogP contribution in [0.2, 0.25) is 0 Å². The van der Waals surface area contributed by atoms with Crippen LogP contribution < -0.4 is 9.62 Å². The number of cyclic esters (lactones) is 1. The first kappa shape index (κ1) is 11.8. The molecule has 6 heteroatoms. The SMILES string of the molecule is CC1=CC(Oc2ccccc2OOS)OC1=O. The summed E-state index contributed by atoms with van der Waals surface area (Å²) in [5, 5.41) is 0. The maximum Gasteiger partial charge on any atom is 0.336 e. The average Bonchev–Trinajstić information content (AvgIpc) is 2.61. The number of ether oxygens (including phenoxy) is 2. The van der Waals surface area contributed by atoms with Gasteiger partial charge < -0.3 is 14.4 Å². The number of rotatable bonds is 4. The van der Waals surface area contributed by atoms with Crippen molar-refractivity contribution in [2.75, 3.05) is 0 Å². The molecular weight excluding hydrogens is 244 g/mol. The van der Waals surface area contributed by atoms with E-state index < -0.39 is 6.29 Å². The number of carbonyl (C=O) groups is 1. The van der Waals surface area contributed by atoms with E-state index in [1.54, 1.807) is 37.3 Å². The molecule has 0 spiro atoms. The molecule has 1 aliphatic rings. The number of esters is 1. The molecular formula is C11H10O5S. The van der Waals surface area contributed by atoms with E-state index in [4.69, 9.17) is 14.4 Å². The molecule has 0 aliphatic carbocycles. The molecule has 0 N–H and O–H groups in total. The van der Waals surface area contributed by atoms with Crippen LogP contribution in [0.15, 0.2) is 35.9 Å². The van der Waals surface area contributed by atoms with E-state index in [2.05, 4.69) is 17.2 Å². The van der Waals surface area contributed by atoms with Crippen molar-refractivity contribution in [2.24, 2.45) is 0 Å². The van der Waals surface area contributed by atoms with Crippen LogP contribution in [-0.4, -0.2) is 12.3 Å². The Kier molecular flexibility index (Phi) is 3.55. The van der Waals surface area contributed by atoms with Crippen LogP contribution in [0.25, 0.3) is 0 Å². The van der Waals surface area contributed by atoms with Gasteiger partial charge >= 0.3 is 5.97 Å². The third-order valence-corrected chi connectivity index (χ3v) is 2.23. The normalized spacial score (nSPS) is 18.6. The van der Waals surface area contributed by atoms with Crippen molar-refractivity contribution in [3.05, 3.63) is 35.9 Å². The van der Waals surface area contributed by atoms with Crippen molar-refractivity contribution >= 4 is 18.9 Å². The lowest BCUT2D eigenvalue weighted by Gasteiger charge is -2.13. The molecule has 1 unspecified atom stereocenters. The molecule has 0 saturated carbocycles. The molecule has 90 valence electrons. The van der Waals surface area contributed by atoms with Gasteiger partial charge in [0.05, 0.1) is 0 Å². The minimum absolute atomic E-state index is 0.344. The van der Waals surface area contributed by atoms with E-state index in [0.717, 1.165) is 0 Å². The number of hydrogen-bond acceptors (Lipinski definition) is 6. The Labute approximate surface area is 103 Å². The number of benzene rings is 1. The number of carbonyl (C=O) groups excluding carboxylic acids is 1. The Hall–Kier alpha value is -1.66. The van der Waals surface area contributed by atoms with Gasteiger partial charge in [0.15, 0.2) is 5.75 Å². The van der Waals surface area contributed by atoms with Gasteiger partial charge in [0, 0.05) is 24.6 Å². The molecule has 1 heterocycles. The van der Waals surface area contributed by atoms with Gasteiger partial charge in [0.25, 0.3) is 6.29 Å². The van der Waals surface area contributed by atoms with Gasteiger partial charge in [-0.25, -0.2) is 4.79 Å². The van der Waals surface area contributed by atoms with Crippen molar-refractivity contribution in [2.45, 2.75) is 13.2 Å². The topological polar surface area (TPSA) is 54.0 Å². The lowest BCUT2D eigenvalue weighted by Crippen LogP contribution is -2.16. The molecule has 0 saturated heterocycles. The van der Waals surface area contributed by atoms with Crippen LogP contribution >= 0.6 is 12.9 Å². The fraction of sp³-hybridized carbons (Fsp3) is 0.182. The predicted octanol–water partition coefficient (Wildman–Crippen LogP) is 2.05.